The summed E-state index contributed by atoms with van der Waals surface area (Å²) in [5.74, 6) is -0.453. The number of anilines is 1. The van der Waals surface area contributed by atoms with E-state index in [9.17, 15) is 17.9 Å². The van der Waals surface area contributed by atoms with Crippen LogP contribution in [0, 0.1) is 12.7 Å². The van der Waals surface area contributed by atoms with Crippen LogP contribution in [0.15, 0.2) is 53.4 Å². The predicted octanol–water partition coefficient (Wildman–Crippen LogP) is 2.02. The maximum atomic E-state index is 13.3. The van der Waals surface area contributed by atoms with Crippen molar-refractivity contribution in [3.8, 4) is 0 Å². The van der Waals surface area contributed by atoms with Gasteiger partial charge in [-0.15, -0.1) is 0 Å². The third kappa shape index (κ3) is 5.08. The Morgan fingerprint density at radius 1 is 1.11 bits per heavy atom. The summed E-state index contributed by atoms with van der Waals surface area (Å²) in [6.45, 7) is 4.66. The maximum absolute atomic E-state index is 13.3. The Kier molecular flexibility index (Phi) is 6.66. The number of sulfonamides is 1. The van der Waals surface area contributed by atoms with Crippen LogP contribution in [-0.4, -0.2) is 63.9 Å². The number of hydrogen-bond acceptors (Lipinski definition) is 5. The zero-order valence-electron chi connectivity index (χ0n) is 15.8. The number of nitrogens with zero attached hydrogens (tertiary/aromatic N) is 2. The fraction of sp³-hybridized carbons (Fsp3) is 0.400. The van der Waals surface area contributed by atoms with E-state index in [0.717, 1.165) is 9.87 Å². The molecule has 1 atom stereocenters. The first-order chi connectivity index (χ1) is 13.4. The summed E-state index contributed by atoms with van der Waals surface area (Å²) in [5.41, 5.74) is 1.25. The lowest BCUT2D eigenvalue weighted by molar-refractivity contribution is 0.0166. The van der Waals surface area contributed by atoms with Crippen molar-refractivity contribution < 1.29 is 22.7 Å². The lowest BCUT2D eigenvalue weighted by Gasteiger charge is -2.31. The van der Waals surface area contributed by atoms with E-state index >= 15 is 0 Å². The standard InChI is InChI=1S/C20H25FN2O4S/c1-16-2-8-20(9-3-16)28(25,26)23(18-6-4-17(21)5-7-18)15-19(24)14-22-10-12-27-13-11-22/h2-9,19,24H,10-15H2,1H3/t19-/m1/s1. The molecule has 1 saturated heterocycles. The van der Waals surface area contributed by atoms with Crippen LogP contribution in [0.25, 0.3) is 0 Å². The Hall–Kier alpha value is -2.00. The largest absolute Gasteiger partial charge is 0.390 e. The molecule has 0 amide bonds. The minimum Gasteiger partial charge on any atom is -0.390 e. The van der Waals surface area contributed by atoms with Crippen molar-refractivity contribution in [3.63, 3.8) is 0 Å². The molecule has 0 spiro atoms. The van der Waals surface area contributed by atoms with Crippen molar-refractivity contribution in [1.82, 2.24) is 4.90 Å². The van der Waals surface area contributed by atoms with E-state index in [4.69, 9.17) is 4.74 Å². The van der Waals surface area contributed by atoms with Gasteiger partial charge in [-0.05, 0) is 43.3 Å². The zero-order valence-corrected chi connectivity index (χ0v) is 16.6. The van der Waals surface area contributed by atoms with Crippen LogP contribution in [0.4, 0.5) is 10.1 Å². The Morgan fingerprint density at radius 2 is 1.71 bits per heavy atom. The number of ether oxygens (including phenoxy) is 1. The summed E-state index contributed by atoms with van der Waals surface area (Å²) in [4.78, 5) is 2.16. The second kappa shape index (κ2) is 9.00. The number of halogens is 1. The van der Waals surface area contributed by atoms with Crippen molar-refractivity contribution >= 4 is 15.7 Å². The van der Waals surface area contributed by atoms with Crippen molar-refractivity contribution in [2.45, 2.75) is 17.9 Å². The molecule has 28 heavy (non-hydrogen) atoms. The molecule has 0 aromatic heterocycles. The number of morpholine rings is 1. The van der Waals surface area contributed by atoms with E-state index in [0.29, 0.717) is 38.5 Å². The molecule has 0 saturated carbocycles. The molecule has 1 fully saturated rings. The summed E-state index contributed by atoms with van der Waals surface area (Å²) >= 11 is 0. The number of aryl methyl sites for hydroxylation is 1. The van der Waals surface area contributed by atoms with E-state index in [1.807, 2.05) is 11.8 Å². The molecule has 1 N–H and O–H groups in total. The van der Waals surface area contributed by atoms with Gasteiger partial charge in [-0.2, -0.15) is 0 Å². The van der Waals surface area contributed by atoms with Crippen LogP contribution in [0.2, 0.25) is 0 Å². The van der Waals surface area contributed by atoms with Gasteiger partial charge in [0.15, 0.2) is 0 Å². The highest BCUT2D eigenvalue weighted by molar-refractivity contribution is 7.92. The SMILES string of the molecule is Cc1ccc(S(=O)(=O)N(C[C@H](O)CN2CCOCC2)c2ccc(F)cc2)cc1. The third-order valence-corrected chi connectivity index (χ3v) is 6.48. The number of aliphatic hydroxyl groups is 1. The van der Waals surface area contributed by atoms with Crippen molar-refractivity contribution in [2.24, 2.45) is 0 Å². The second-order valence-electron chi connectivity index (χ2n) is 6.89. The van der Waals surface area contributed by atoms with Gasteiger partial charge in [0.25, 0.3) is 10.0 Å². The molecule has 8 heteroatoms. The first-order valence-corrected chi connectivity index (χ1v) is 10.6. The van der Waals surface area contributed by atoms with Crippen LogP contribution < -0.4 is 4.31 Å². The van der Waals surface area contributed by atoms with E-state index in [-0.39, 0.29) is 11.4 Å². The molecule has 3 rings (SSSR count). The topological polar surface area (TPSA) is 70.1 Å². The van der Waals surface area contributed by atoms with Crippen LogP contribution in [0.5, 0.6) is 0 Å². The first kappa shape index (κ1) is 20.7. The van der Waals surface area contributed by atoms with Crippen molar-refractivity contribution in [3.05, 3.63) is 59.9 Å². The van der Waals surface area contributed by atoms with Gasteiger partial charge >= 0.3 is 0 Å². The number of hydrogen-bond donors (Lipinski definition) is 1. The van der Waals surface area contributed by atoms with Crippen molar-refractivity contribution in [2.75, 3.05) is 43.7 Å². The number of aliphatic hydroxyl groups excluding tert-OH is 1. The molecule has 2 aromatic carbocycles. The maximum Gasteiger partial charge on any atom is 0.264 e. The molecule has 0 unspecified atom stereocenters. The smallest absolute Gasteiger partial charge is 0.264 e. The number of β-amino-alcohol motifs (C(OH)–C–C–N with tert-alkyl or cyclic N) is 1. The summed E-state index contributed by atoms with van der Waals surface area (Å²) in [5, 5.41) is 10.6. The van der Waals surface area contributed by atoms with Crippen LogP contribution in [0.1, 0.15) is 5.56 Å². The average molecular weight is 408 g/mol. The molecule has 6 nitrogen and oxygen atoms in total. The van der Waals surface area contributed by atoms with Gasteiger partial charge in [0, 0.05) is 19.6 Å². The molecule has 0 aliphatic carbocycles. The monoisotopic (exact) mass is 408 g/mol. The van der Waals surface area contributed by atoms with Crippen LogP contribution in [0.3, 0.4) is 0 Å². The fourth-order valence-corrected chi connectivity index (χ4v) is 4.62. The third-order valence-electron chi connectivity index (χ3n) is 4.67. The number of benzene rings is 2. The quantitative estimate of drug-likeness (QED) is 0.759. The molecule has 1 aliphatic heterocycles. The molecule has 0 bridgehead atoms. The highest BCUT2D eigenvalue weighted by Gasteiger charge is 2.28. The summed E-state index contributed by atoms with van der Waals surface area (Å²) in [6.07, 6.45) is -0.900. The Bertz CT molecular complexity index is 866. The summed E-state index contributed by atoms with van der Waals surface area (Å²) < 4.78 is 46.3. The molecular weight excluding hydrogens is 383 g/mol. The average Bonchev–Trinajstić information content (AvgIpc) is 2.68. The normalized spacial score (nSPS) is 16.7. The first-order valence-electron chi connectivity index (χ1n) is 9.19. The number of rotatable bonds is 7. The van der Waals surface area contributed by atoms with Crippen LogP contribution in [-0.2, 0) is 14.8 Å². The van der Waals surface area contributed by atoms with Crippen LogP contribution >= 0.6 is 0 Å². The zero-order chi connectivity index (χ0) is 20.1. The van der Waals surface area contributed by atoms with Gasteiger partial charge in [0.05, 0.1) is 36.4 Å². The van der Waals surface area contributed by atoms with Gasteiger partial charge in [0.1, 0.15) is 5.82 Å². The highest BCUT2D eigenvalue weighted by Crippen LogP contribution is 2.25. The Labute approximate surface area is 165 Å². The van der Waals surface area contributed by atoms with E-state index in [2.05, 4.69) is 0 Å². The van der Waals surface area contributed by atoms with Gasteiger partial charge in [-0.25, -0.2) is 12.8 Å². The predicted molar refractivity (Wildman–Crippen MR) is 105 cm³/mol. The van der Waals surface area contributed by atoms with E-state index in [1.54, 1.807) is 12.1 Å². The lowest BCUT2D eigenvalue weighted by Crippen LogP contribution is -2.46. The van der Waals surface area contributed by atoms with Gasteiger partial charge in [-0.1, -0.05) is 17.7 Å². The second-order valence-corrected chi connectivity index (χ2v) is 8.75. The molecule has 0 radical (unpaired) electrons. The Balaban J connectivity index is 1.86. The van der Waals surface area contributed by atoms with E-state index in [1.165, 1.54) is 36.4 Å². The molecule has 152 valence electrons. The lowest BCUT2D eigenvalue weighted by atomic mass is 10.2. The summed E-state index contributed by atoms with van der Waals surface area (Å²) in [6, 6.07) is 11.7. The Morgan fingerprint density at radius 3 is 2.32 bits per heavy atom. The minimum absolute atomic E-state index is 0.126. The molecule has 1 heterocycles. The van der Waals surface area contributed by atoms with Gasteiger partial charge < -0.3 is 9.84 Å². The fourth-order valence-electron chi connectivity index (χ4n) is 3.12. The van der Waals surface area contributed by atoms with Gasteiger partial charge in [0.2, 0.25) is 0 Å². The highest BCUT2D eigenvalue weighted by atomic mass is 32.2. The van der Waals surface area contributed by atoms with Gasteiger partial charge in [-0.3, -0.25) is 9.21 Å². The molecule has 2 aromatic rings. The summed E-state index contributed by atoms with van der Waals surface area (Å²) in [7, 11) is -3.91. The van der Waals surface area contributed by atoms with E-state index < -0.39 is 21.9 Å². The van der Waals surface area contributed by atoms with Crippen molar-refractivity contribution in [1.29, 1.82) is 0 Å². The minimum atomic E-state index is -3.91. The molecule has 1 aliphatic rings. The molecular formula is C20H25FN2O4S.